The normalized spacial score (nSPS) is 22.9. The topological polar surface area (TPSA) is 152 Å². The molecule has 3 atom stereocenters. The largest absolute Gasteiger partial charge is 0.492 e. The fraction of sp³-hybridized carbons (Fsp3) is 0.556. The molecule has 1 saturated carbocycles. The molecule has 39 heavy (non-hydrogen) atoms. The van der Waals surface area contributed by atoms with Crippen molar-refractivity contribution < 1.29 is 14.3 Å². The van der Waals surface area contributed by atoms with E-state index in [0.717, 1.165) is 49.7 Å². The van der Waals surface area contributed by atoms with E-state index in [4.69, 9.17) is 16.2 Å². The summed E-state index contributed by atoms with van der Waals surface area (Å²) in [7, 11) is 0. The van der Waals surface area contributed by atoms with E-state index in [1.165, 1.54) is 4.57 Å². The Labute approximate surface area is 227 Å². The molecule has 5 rings (SSSR count). The van der Waals surface area contributed by atoms with Crippen LogP contribution in [0.15, 0.2) is 41.3 Å². The van der Waals surface area contributed by atoms with Gasteiger partial charge >= 0.3 is 11.7 Å². The zero-order valence-corrected chi connectivity index (χ0v) is 22.6. The zero-order chi connectivity index (χ0) is 27.7. The van der Waals surface area contributed by atoms with Crippen LogP contribution in [-0.2, 0) is 4.79 Å². The number of anilines is 1. The number of likely N-dealkylation sites (tertiary alicyclic amines) is 1. The number of carbonyl (C=O) groups excluding carboxylic acids is 2. The lowest BCUT2D eigenvalue weighted by atomic mass is 10.1. The minimum absolute atomic E-state index is 0.146. The van der Waals surface area contributed by atoms with Crippen molar-refractivity contribution in [1.29, 1.82) is 0 Å². The first-order valence-corrected chi connectivity index (χ1v) is 13.5. The standard InChI is InChI=1S/C27H38N8O4/c1-27(2,29)24(36)33-9-11-34(12-10-33)25(37)30-23-7-8-35(26(38)31-23)18-3-5-19(6-4-18)39-14-13-32-16-21-20(15-28)22(21)17-32/h3-8,20-22H,9-17,28-29H2,1-2H3,(H,30,31,37,38)/t20?,21-,22+. The zero-order valence-electron chi connectivity index (χ0n) is 22.6. The molecule has 3 amide bonds. The summed E-state index contributed by atoms with van der Waals surface area (Å²) in [5.74, 6) is 3.04. The van der Waals surface area contributed by atoms with Crippen molar-refractivity contribution in [3.63, 3.8) is 0 Å². The van der Waals surface area contributed by atoms with Gasteiger partial charge in [-0.1, -0.05) is 0 Å². The number of nitrogens with one attached hydrogen (secondary N) is 1. The molecule has 3 aliphatic rings. The van der Waals surface area contributed by atoms with Gasteiger partial charge in [-0.3, -0.25) is 19.6 Å². The number of nitrogens with two attached hydrogens (primary N) is 2. The number of ether oxygens (including phenoxy) is 1. The summed E-state index contributed by atoms with van der Waals surface area (Å²) < 4.78 is 7.31. The van der Waals surface area contributed by atoms with Crippen molar-refractivity contribution in [3.8, 4) is 11.4 Å². The summed E-state index contributed by atoms with van der Waals surface area (Å²) in [5.41, 5.74) is 10.9. The quantitative estimate of drug-likeness (QED) is 0.430. The van der Waals surface area contributed by atoms with Crippen LogP contribution in [-0.4, -0.2) is 101 Å². The molecule has 0 radical (unpaired) electrons. The van der Waals surface area contributed by atoms with Gasteiger partial charge in [-0.15, -0.1) is 0 Å². The summed E-state index contributed by atoms with van der Waals surface area (Å²) in [6, 6.07) is 8.48. The van der Waals surface area contributed by atoms with E-state index in [-0.39, 0.29) is 17.8 Å². The number of carbonyl (C=O) groups is 2. The van der Waals surface area contributed by atoms with Crippen LogP contribution in [0.1, 0.15) is 13.8 Å². The van der Waals surface area contributed by atoms with Crippen LogP contribution in [0, 0.1) is 17.8 Å². The van der Waals surface area contributed by atoms with Crippen LogP contribution >= 0.6 is 0 Å². The molecule has 1 aromatic carbocycles. The summed E-state index contributed by atoms with van der Waals surface area (Å²) in [6.45, 7) is 9.41. The maximum atomic E-state index is 12.7. The van der Waals surface area contributed by atoms with Crippen molar-refractivity contribution in [2.24, 2.45) is 29.2 Å². The van der Waals surface area contributed by atoms with Crippen LogP contribution in [0.5, 0.6) is 5.75 Å². The summed E-state index contributed by atoms with van der Waals surface area (Å²) >= 11 is 0. The van der Waals surface area contributed by atoms with E-state index >= 15 is 0 Å². The average Bonchev–Trinajstić information content (AvgIpc) is 3.40. The summed E-state index contributed by atoms with van der Waals surface area (Å²) in [6.07, 6.45) is 1.58. The highest BCUT2D eigenvalue weighted by atomic mass is 16.5. The molecular weight excluding hydrogens is 500 g/mol. The molecule has 2 aromatic rings. The minimum atomic E-state index is -0.950. The van der Waals surface area contributed by atoms with Crippen molar-refractivity contribution in [1.82, 2.24) is 24.3 Å². The Bertz CT molecular complexity index is 1240. The predicted molar refractivity (Wildman–Crippen MR) is 147 cm³/mol. The molecule has 0 bridgehead atoms. The summed E-state index contributed by atoms with van der Waals surface area (Å²) in [4.78, 5) is 47.4. The van der Waals surface area contributed by atoms with Gasteiger partial charge in [0.1, 0.15) is 18.2 Å². The smallest absolute Gasteiger partial charge is 0.354 e. The van der Waals surface area contributed by atoms with Crippen LogP contribution in [0.2, 0.25) is 0 Å². The number of nitrogens with zero attached hydrogens (tertiary/aromatic N) is 5. The number of aromatic nitrogens is 2. The fourth-order valence-electron chi connectivity index (χ4n) is 5.64. The number of urea groups is 1. The molecule has 3 heterocycles. The van der Waals surface area contributed by atoms with E-state index in [0.29, 0.717) is 38.5 Å². The van der Waals surface area contributed by atoms with Crippen molar-refractivity contribution >= 4 is 17.8 Å². The summed E-state index contributed by atoms with van der Waals surface area (Å²) in [5, 5.41) is 2.68. The van der Waals surface area contributed by atoms with Crippen molar-refractivity contribution in [3.05, 3.63) is 47.0 Å². The third-order valence-corrected chi connectivity index (χ3v) is 7.95. The molecule has 5 N–H and O–H groups in total. The van der Waals surface area contributed by atoms with Gasteiger partial charge in [-0.05, 0) is 68.5 Å². The van der Waals surface area contributed by atoms with Crippen LogP contribution in [0.4, 0.5) is 10.6 Å². The minimum Gasteiger partial charge on any atom is -0.492 e. The second-order valence-electron chi connectivity index (χ2n) is 11.2. The van der Waals surface area contributed by atoms with Gasteiger partial charge in [0.05, 0.1) is 11.2 Å². The number of hydrogen-bond acceptors (Lipinski definition) is 8. The highest BCUT2D eigenvalue weighted by Gasteiger charge is 2.54. The number of rotatable bonds is 8. The maximum Gasteiger partial charge on any atom is 0.354 e. The van der Waals surface area contributed by atoms with Gasteiger partial charge in [0, 0.05) is 52.0 Å². The lowest BCUT2D eigenvalue weighted by Crippen LogP contribution is -2.58. The molecule has 3 fully saturated rings. The maximum absolute atomic E-state index is 12.7. The second-order valence-corrected chi connectivity index (χ2v) is 11.2. The van der Waals surface area contributed by atoms with Crippen LogP contribution in [0.3, 0.4) is 0 Å². The fourth-order valence-corrected chi connectivity index (χ4v) is 5.64. The molecule has 12 heteroatoms. The average molecular weight is 539 g/mol. The molecule has 12 nitrogen and oxygen atoms in total. The third-order valence-electron chi connectivity index (χ3n) is 7.95. The Hall–Kier alpha value is -3.48. The van der Waals surface area contributed by atoms with E-state index in [1.807, 2.05) is 12.1 Å². The monoisotopic (exact) mass is 538 g/mol. The molecule has 1 aliphatic carbocycles. The van der Waals surface area contributed by atoms with Crippen molar-refractivity contribution in [2.75, 3.05) is 64.3 Å². The SMILES string of the molecule is CC(C)(N)C(=O)N1CCN(C(=O)Nc2ccn(-c3ccc(OCCN4C[C@@H]5C(CN)[C@@H]5C4)cc3)c(=O)n2)CC1. The Kier molecular flexibility index (Phi) is 7.61. The van der Waals surface area contributed by atoms with E-state index in [1.54, 1.807) is 48.0 Å². The molecule has 2 saturated heterocycles. The lowest BCUT2D eigenvalue weighted by molar-refractivity contribution is -0.137. The van der Waals surface area contributed by atoms with Crippen LogP contribution < -0.4 is 27.2 Å². The molecule has 2 aliphatic heterocycles. The molecule has 1 unspecified atom stereocenters. The number of benzene rings is 1. The lowest BCUT2D eigenvalue weighted by Gasteiger charge is -2.37. The van der Waals surface area contributed by atoms with Gasteiger partial charge in [-0.25, -0.2) is 9.59 Å². The molecule has 0 spiro atoms. The van der Waals surface area contributed by atoms with Gasteiger partial charge in [-0.2, -0.15) is 4.98 Å². The van der Waals surface area contributed by atoms with E-state index in [2.05, 4.69) is 15.2 Å². The molecule has 1 aromatic heterocycles. The van der Waals surface area contributed by atoms with Crippen LogP contribution in [0.25, 0.3) is 5.69 Å². The highest BCUT2D eigenvalue weighted by Crippen LogP contribution is 2.50. The first kappa shape index (κ1) is 27.1. The van der Waals surface area contributed by atoms with Crippen molar-refractivity contribution in [2.45, 2.75) is 19.4 Å². The number of piperazine rings is 1. The highest BCUT2D eigenvalue weighted by molar-refractivity contribution is 5.89. The Morgan fingerprint density at radius 1 is 1.05 bits per heavy atom. The van der Waals surface area contributed by atoms with Gasteiger partial charge in [0.15, 0.2) is 0 Å². The first-order chi connectivity index (χ1) is 18.6. The number of fused-ring (bicyclic) bond motifs is 1. The molecule has 210 valence electrons. The second kappa shape index (κ2) is 10.9. The Morgan fingerprint density at radius 3 is 2.28 bits per heavy atom. The Morgan fingerprint density at radius 2 is 1.69 bits per heavy atom. The first-order valence-electron chi connectivity index (χ1n) is 13.5. The Balaban J connectivity index is 1.09. The third kappa shape index (κ3) is 6.07. The number of hydrogen-bond donors (Lipinski definition) is 3. The number of amides is 3. The van der Waals surface area contributed by atoms with Gasteiger partial charge in [0.25, 0.3) is 0 Å². The van der Waals surface area contributed by atoms with E-state index < -0.39 is 11.2 Å². The predicted octanol–water partition coefficient (Wildman–Crippen LogP) is 0.161. The van der Waals surface area contributed by atoms with Gasteiger partial charge in [0.2, 0.25) is 5.91 Å². The van der Waals surface area contributed by atoms with E-state index in [9.17, 15) is 14.4 Å². The van der Waals surface area contributed by atoms with Gasteiger partial charge < -0.3 is 26.0 Å². The number of piperidine rings is 1. The molecular formula is C27H38N8O4.